The second-order valence-corrected chi connectivity index (χ2v) is 11.0. The molecule has 0 N–H and O–H groups in total. The van der Waals surface area contributed by atoms with E-state index < -0.39 is 0 Å². The number of ketones is 1. The molecule has 0 aromatic heterocycles. The highest BCUT2D eigenvalue weighted by Crippen LogP contribution is 2.65. The van der Waals surface area contributed by atoms with E-state index in [9.17, 15) is 9.59 Å². The summed E-state index contributed by atoms with van der Waals surface area (Å²) in [6.45, 7) is 9.15. The molecule has 0 aromatic carbocycles. The Labute approximate surface area is 170 Å². The van der Waals surface area contributed by atoms with Crippen molar-refractivity contribution in [3.8, 4) is 0 Å². The van der Waals surface area contributed by atoms with Gasteiger partial charge in [0.05, 0.1) is 0 Å². The van der Waals surface area contributed by atoms with Gasteiger partial charge in [0.2, 0.25) is 0 Å². The minimum absolute atomic E-state index is 0.00863. The molecule has 3 nitrogen and oxygen atoms in total. The van der Waals surface area contributed by atoms with Crippen LogP contribution >= 0.6 is 0 Å². The van der Waals surface area contributed by atoms with Gasteiger partial charge in [0, 0.05) is 18.3 Å². The molecule has 0 aromatic rings. The third kappa shape index (κ3) is 3.27. The Kier molecular flexibility index (Phi) is 5.25. The van der Waals surface area contributed by atoms with E-state index in [1.807, 2.05) is 6.08 Å². The molecular weight excluding hydrogens is 348 g/mol. The zero-order chi connectivity index (χ0) is 20.1. The van der Waals surface area contributed by atoms with Crippen LogP contribution in [0.1, 0.15) is 91.9 Å². The smallest absolute Gasteiger partial charge is 0.306 e. The first-order valence-corrected chi connectivity index (χ1v) is 11.7. The average molecular weight is 387 g/mol. The van der Waals surface area contributed by atoms with Crippen molar-refractivity contribution in [1.29, 1.82) is 0 Å². The molecule has 3 saturated carbocycles. The van der Waals surface area contributed by atoms with Crippen LogP contribution < -0.4 is 0 Å². The second-order valence-electron chi connectivity index (χ2n) is 11.0. The average Bonchev–Trinajstić information content (AvgIpc) is 2.97. The molecule has 0 spiro atoms. The third-order valence-electron chi connectivity index (χ3n) is 9.07. The second kappa shape index (κ2) is 7.29. The molecule has 4 aliphatic carbocycles. The van der Waals surface area contributed by atoms with Crippen molar-refractivity contribution >= 4 is 11.8 Å². The summed E-state index contributed by atoms with van der Waals surface area (Å²) in [6, 6.07) is 0. The summed E-state index contributed by atoms with van der Waals surface area (Å²) < 4.78 is 6.06. The van der Waals surface area contributed by atoms with Crippen molar-refractivity contribution < 1.29 is 14.3 Å². The Bertz CT molecular complexity index is 677. The number of rotatable bonds is 4. The predicted octanol–water partition coefficient (Wildman–Crippen LogP) is 5.87. The van der Waals surface area contributed by atoms with Gasteiger partial charge in [-0.15, -0.1) is 0 Å². The van der Waals surface area contributed by atoms with Crippen molar-refractivity contribution in [3.63, 3.8) is 0 Å². The standard InChI is InChI=1S/C25H38O3/c1-16(2)5-10-23(27)28-22-9-8-20-19-7-6-17-15-18(26)11-13-24(17,3)21(19)12-14-25(20,22)4/h15-16,19-22H,5-14H2,1-4H3/t19?,20?,21?,22?,24-,25-/m1/s1. The lowest BCUT2D eigenvalue weighted by Crippen LogP contribution is -2.51. The van der Waals surface area contributed by atoms with Crippen molar-refractivity contribution in [3.05, 3.63) is 11.6 Å². The number of allylic oxidation sites excluding steroid dienone is 1. The summed E-state index contributed by atoms with van der Waals surface area (Å²) in [4.78, 5) is 24.4. The van der Waals surface area contributed by atoms with E-state index in [1.165, 1.54) is 24.8 Å². The lowest BCUT2D eigenvalue weighted by molar-refractivity contribution is -0.160. The highest BCUT2D eigenvalue weighted by molar-refractivity contribution is 5.91. The summed E-state index contributed by atoms with van der Waals surface area (Å²) in [7, 11) is 0. The van der Waals surface area contributed by atoms with Gasteiger partial charge in [-0.1, -0.05) is 33.3 Å². The molecule has 0 saturated heterocycles. The first-order valence-electron chi connectivity index (χ1n) is 11.7. The molecule has 0 amide bonds. The predicted molar refractivity (Wildman–Crippen MR) is 111 cm³/mol. The van der Waals surface area contributed by atoms with Gasteiger partial charge in [-0.05, 0) is 86.5 Å². The largest absolute Gasteiger partial charge is 0.462 e. The van der Waals surface area contributed by atoms with Gasteiger partial charge in [-0.2, -0.15) is 0 Å². The number of ether oxygens (including phenoxy) is 1. The number of fused-ring (bicyclic) bond motifs is 5. The fourth-order valence-electron chi connectivity index (χ4n) is 7.33. The fraction of sp³-hybridized carbons (Fsp3) is 0.840. The maximum Gasteiger partial charge on any atom is 0.306 e. The first-order chi connectivity index (χ1) is 13.2. The molecule has 6 atom stereocenters. The fourth-order valence-corrected chi connectivity index (χ4v) is 7.33. The van der Waals surface area contributed by atoms with Crippen LogP contribution in [0.15, 0.2) is 11.6 Å². The van der Waals surface area contributed by atoms with Gasteiger partial charge in [-0.3, -0.25) is 9.59 Å². The highest BCUT2D eigenvalue weighted by atomic mass is 16.5. The van der Waals surface area contributed by atoms with E-state index >= 15 is 0 Å². The Balaban J connectivity index is 1.49. The lowest BCUT2D eigenvalue weighted by atomic mass is 9.47. The Morgan fingerprint density at radius 1 is 1.11 bits per heavy atom. The minimum atomic E-state index is 0.00863. The minimum Gasteiger partial charge on any atom is -0.462 e. The molecule has 0 radical (unpaired) electrons. The van der Waals surface area contributed by atoms with Gasteiger partial charge in [0.15, 0.2) is 5.78 Å². The van der Waals surface area contributed by atoms with Crippen LogP contribution in [-0.2, 0) is 14.3 Å². The molecule has 4 rings (SSSR count). The number of carbonyl (C=O) groups is 2. The van der Waals surface area contributed by atoms with Crippen LogP contribution in [0, 0.1) is 34.5 Å². The van der Waals surface area contributed by atoms with E-state index in [0.29, 0.717) is 30.0 Å². The van der Waals surface area contributed by atoms with Crippen molar-refractivity contribution in [2.45, 2.75) is 98.0 Å². The molecule has 3 heteroatoms. The van der Waals surface area contributed by atoms with Crippen LogP contribution in [0.5, 0.6) is 0 Å². The van der Waals surface area contributed by atoms with Gasteiger partial charge in [0.25, 0.3) is 0 Å². The molecule has 3 fully saturated rings. The number of hydrogen-bond donors (Lipinski definition) is 0. The Hall–Kier alpha value is -1.12. The number of carbonyl (C=O) groups excluding carboxylic acids is 2. The SMILES string of the molecule is CC(C)CCC(=O)OC1CCC2C3CCC4=CC(=O)CC[C@@]4(C)C3CC[C@@]12C. The molecule has 4 aliphatic rings. The molecule has 156 valence electrons. The van der Waals surface area contributed by atoms with Crippen LogP contribution in [-0.4, -0.2) is 17.9 Å². The summed E-state index contributed by atoms with van der Waals surface area (Å²) in [5.74, 6) is 2.99. The highest BCUT2D eigenvalue weighted by Gasteiger charge is 2.59. The normalized spacial score (nSPS) is 42.5. The van der Waals surface area contributed by atoms with Crippen molar-refractivity contribution in [2.24, 2.45) is 34.5 Å². The van der Waals surface area contributed by atoms with Crippen molar-refractivity contribution in [2.75, 3.05) is 0 Å². The topological polar surface area (TPSA) is 43.4 Å². The van der Waals surface area contributed by atoms with Crippen LogP contribution in [0.3, 0.4) is 0 Å². The quantitative estimate of drug-likeness (QED) is 0.568. The maximum atomic E-state index is 12.4. The summed E-state index contributed by atoms with van der Waals surface area (Å²) >= 11 is 0. The van der Waals surface area contributed by atoms with Crippen LogP contribution in [0.25, 0.3) is 0 Å². The lowest BCUT2D eigenvalue weighted by Gasteiger charge is -2.57. The van der Waals surface area contributed by atoms with E-state index in [0.717, 1.165) is 44.4 Å². The van der Waals surface area contributed by atoms with Gasteiger partial charge < -0.3 is 4.74 Å². The monoisotopic (exact) mass is 386 g/mol. The molecule has 0 heterocycles. The van der Waals surface area contributed by atoms with Crippen LogP contribution in [0.4, 0.5) is 0 Å². The van der Waals surface area contributed by atoms with Gasteiger partial charge >= 0.3 is 5.97 Å². The first kappa shape index (κ1) is 20.2. The Morgan fingerprint density at radius 2 is 1.89 bits per heavy atom. The van der Waals surface area contributed by atoms with E-state index in [-0.39, 0.29) is 22.9 Å². The summed E-state index contributed by atoms with van der Waals surface area (Å²) in [5.41, 5.74) is 1.81. The summed E-state index contributed by atoms with van der Waals surface area (Å²) in [5, 5.41) is 0. The zero-order valence-corrected chi connectivity index (χ0v) is 18.3. The van der Waals surface area contributed by atoms with E-state index in [4.69, 9.17) is 4.74 Å². The number of hydrogen-bond acceptors (Lipinski definition) is 3. The van der Waals surface area contributed by atoms with E-state index in [2.05, 4.69) is 27.7 Å². The van der Waals surface area contributed by atoms with Crippen molar-refractivity contribution in [1.82, 2.24) is 0 Å². The molecule has 28 heavy (non-hydrogen) atoms. The van der Waals surface area contributed by atoms with E-state index in [1.54, 1.807) is 0 Å². The van der Waals surface area contributed by atoms with Crippen LogP contribution in [0.2, 0.25) is 0 Å². The molecule has 4 unspecified atom stereocenters. The van der Waals surface area contributed by atoms with Gasteiger partial charge in [-0.25, -0.2) is 0 Å². The Morgan fingerprint density at radius 3 is 2.64 bits per heavy atom. The number of esters is 1. The molecular formula is C25H38O3. The third-order valence-corrected chi connectivity index (χ3v) is 9.07. The molecule has 0 aliphatic heterocycles. The summed E-state index contributed by atoms with van der Waals surface area (Å²) in [6.07, 6.45) is 12.3. The van der Waals surface area contributed by atoms with Gasteiger partial charge in [0.1, 0.15) is 6.10 Å². The molecule has 0 bridgehead atoms. The zero-order valence-electron chi connectivity index (χ0n) is 18.3. The maximum absolute atomic E-state index is 12.4.